The van der Waals surface area contributed by atoms with Crippen LogP contribution in [0.1, 0.15) is 5.56 Å². The lowest BCUT2D eigenvalue weighted by atomic mass is 10.1. The Bertz CT molecular complexity index is 638. The fraction of sp³-hybridized carbons (Fsp3) is 0.0588. The highest BCUT2D eigenvalue weighted by atomic mass is 16.5. The minimum absolute atomic E-state index is 0.956. The second-order valence-electron chi connectivity index (χ2n) is 4.26. The SMILES string of the molecule is C1=COc2ccccc2C1.c1ccc2occc2c1. The van der Waals surface area contributed by atoms with E-state index in [1.54, 1.807) is 12.5 Å². The molecular weight excluding hydrogens is 236 g/mol. The van der Waals surface area contributed by atoms with Gasteiger partial charge in [-0.15, -0.1) is 0 Å². The van der Waals surface area contributed by atoms with Gasteiger partial charge in [0.1, 0.15) is 11.3 Å². The van der Waals surface area contributed by atoms with E-state index in [2.05, 4.69) is 6.07 Å². The second-order valence-corrected chi connectivity index (χ2v) is 4.26. The molecule has 2 nitrogen and oxygen atoms in total. The molecule has 1 aliphatic rings. The number of fused-ring (bicyclic) bond motifs is 2. The summed E-state index contributed by atoms with van der Waals surface area (Å²) >= 11 is 0. The molecule has 0 spiro atoms. The maximum atomic E-state index is 5.24. The van der Waals surface area contributed by atoms with Crippen LogP contribution in [0.3, 0.4) is 0 Å². The number of hydrogen-bond acceptors (Lipinski definition) is 2. The Morgan fingerprint density at radius 2 is 1.68 bits per heavy atom. The first kappa shape index (κ1) is 11.6. The molecule has 0 amide bonds. The maximum Gasteiger partial charge on any atom is 0.133 e. The summed E-state index contributed by atoms with van der Waals surface area (Å²) in [7, 11) is 0. The molecule has 1 aromatic heterocycles. The van der Waals surface area contributed by atoms with Crippen LogP contribution in [0.5, 0.6) is 5.75 Å². The lowest BCUT2D eigenvalue weighted by Crippen LogP contribution is -1.94. The molecule has 2 heterocycles. The van der Waals surface area contributed by atoms with Crippen molar-refractivity contribution in [3.8, 4) is 5.75 Å². The molecular formula is C17H14O2. The summed E-state index contributed by atoms with van der Waals surface area (Å²) in [6.45, 7) is 0. The van der Waals surface area contributed by atoms with Gasteiger partial charge >= 0.3 is 0 Å². The molecule has 0 fully saturated rings. The van der Waals surface area contributed by atoms with Crippen molar-refractivity contribution in [3.05, 3.63) is 78.8 Å². The van der Waals surface area contributed by atoms with Crippen molar-refractivity contribution in [2.45, 2.75) is 6.42 Å². The summed E-state index contributed by atoms with van der Waals surface area (Å²) in [6, 6.07) is 18.0. The first-order chi connectivity index (χ1) is 9.43. The van der Waals surface area contributed by atoms with E-state index >= 15 is 0 Å². The van der Waals surface area contributed by atoms with Crippen LogP contribution in [-0.2, 0) is 6.42 Å². The number of allylic oxidation sites excluding steroid dienone is 1. The third-order valence-electron chi connectivity index (χ3n) is 2.96. The van der Waals surface area contributed by atoms with Crippen LogP contribution in [0.2, 0.25) is 0 Å². The van der Waals surface area contributed by atoms with Crippen molar-refractivity contribution < 1.29 is 9.15 Å². The Labute approximate surface area is 111 Å². The number of rotatable bonds is 0. The van der Waals surface area contributed by atoms with Crippen molar-refractivity contribution in [1.82, 2.24) is 0 Å². The van der Waals surface area contributed by atoms with Gasteiger partial charge in [0, 0.05) is 5.39 Å². The van der Waals surface area contributed by atoms with Crippen molar-refractivity contribution in [2.24, 2.45) is 0 Å². The molecule has 3 aromatic rings. The summed E-state index contributed by atoms with van der Waals surface area (Å²) in [5.74, 6) is 0.991. The Balaban J connectivity index is 0.000000117. The van der Waals surface area contributed by atoms with Gasteiger partial charge in [0.05, 0.1) is 12.5 Å². The summed E-state index contributed by atoms with van der Waals surface area (Å²) < 4.78 is 10.4. The highest BCUT2D eigenvalue weighted by Crippen LogP contribution is 2.21. The van der Waals surface area contributed by atoms with Gasteiger partial charge in [0.2, 0.25) is 0 Å². The zero-order valence-corrected chi connectivity index (χ0v) is 10.5. The molecule has 0 atom stereocenters. The standard InChI is InChI=1S/C9H8O.C8H6O/c1-2-6-9-8(4-1)5-3-7-10-9;1-2-4-8-7(3-1)5-6-9-8/h1-4,6-7H,5H2;1-6H. The topological polar surface area (TPSA) is 22.4 Å². The average Bonchev–Trinajstić information content (AvgIpc) is 2.96. The Morgan fingerprint density at radius 1 is 0.842 bits per heavy atom. The van der Waals surface area contributed by atoms with Crippen LogP contribution in [0.25, 0.3) is 11.0 Å². The van der Waals surface area contributed by atoms with Gasteiger partial charge < -0.3 is 9.15 Å². The Morgan fingerprint density at radius 3 is 2.58 bits per heavy atom. The Hall–Kier alpha value is -2.48. The summed E-state index contributed by atoms with van der Waals surface area (Å²) in [5, 5.41) is 1.16. The minimum Gasteiger partial charge on any atom is -0.465 e. The zero-order chi connectivity index (χ0) is 12.9. The van der Waals surface area contributed by atoms with Crippen molar-refractivity contribution in [3.63, 3.8) is 0 Å². The van der Waals surface area contributed by atoms with Crippen LogP contribution in [-0.4, -0.2) is 0 Å². The van der Waals surface area contributed by atoms with Gasteiger partial charge in [0.15, 0.2) is 0 Å². The van der Waals surface area contributed by atoms with Gasteiger partial charge in [-0.2, -0.15) is 0 Å². The largest absolute Gasteiger partial charge is 0.465 e. The van der Waals surface area contributed by atoms with Crippen LogP contribution >= 0.6 is 0 Å². The summed E-state index contributed by atoms with van der Waals surface area (Å²) in [5.41, 5.74) is 2.22. The van der Waals surface area contributed by atoms with Crippen LogP contribution in [0.4, 0.5) is 0 Å². The molecule has 0 unspecified atom stereocenters. The van der Waals surface area contributed by atoms with Crippen LogP contribution in [0, 0.1) is 0 Å². The van der Waals surface area contributed by atoms with E-state index in [0.29, 0.717) is 0 Å². The number of ether oxygens (including phenoxy) is 1. The molecule has 0 N–H and O–H groups in total. The fourth-order valence-electron chi connectivity index (χ4n) is 1.99. The van der Waals surface area contributed by atoms with E-state index in [4.69, 9.17) is 9.15 Å². The molecule has 4 rings (SSSR count). The highest BCUT2D eigenvalue weighted by molar-refractivity contribution is 5.76. The van der Waals surface area contributed by atoms with Gasteiger partial charge in [-0.3, -0.25) is 0 Å². The zero-order valence-electron chi connectivity index (χ0n) is 10.5. The molecule has 94 valence electrons. The van der Waals surface area contributed by atoms with Gasteiger partial charge in [-0.1, -0.05) is 36.4 Å². The summed E-state index contributed by atoms with van der Waals surface area (Å²) in [6.07, 6.45) is 6.45. The van der Waals surface area contributed by atoms with Crippen molar-refractivity contribution in [1.29, 1.82) is 0 Å². The van der Waals surface area contributed by atoms with E-state index in [0.717, 1.165) is 23.1 Å². The number of para-hydroxylation sites is 2. The average molecular weight is 250 g/mol. The first-order valence-electron chi connectivity index (χ1n) is 6.25. The number of benzene rings is 2. The van der Waals surface area contributed by atoms with Crippen molar-refractivity contribution >= 4 is 11.0 Å². The minimum atomic E-state index is 0.956. The predicted molar refractivity (Wildman–Crippen MR) is 76.1 cm³/mol. The van der Waals surface area contributed by atoms with E-state index in [1.165, 1.54) is 5.56 Å². The fourth-order valence-corrected chi connectivity index (χ4v) is 1.99. The molecule has 2 aromatic carbocycles. The molecule has 1 aliphatic heterocycles. The lowest BCUT2D eigenvalue weighted by Gasteiger charge is -2.09. The van der Waals surface area contributed by atoms with E-state index in [-0.39, 0.29) is 0 Å². The van der Waals surface area contributed by atoms with Crippen molar-refractivity contribution in [2.75, 3.05) is 0 Å². The van der Waals surface area contributed by atoms with E-state index in [9.17, 15) is 0 Å². The predicted octanol–water partition coefficient (Wildman–Crippen LogP) is 4.57. The molecule has 0 aliphatic carbocycles. The maximum absolute atomic E-state index is 5.24. The van der Waals surface area contributed by atoms with E-state index in [1.807, 2.05) is 54.6 Å². The second kappa shape index (κ2) is 5.44. The van der Waals surface area contributed by atoms with Crippen LogP contribution < -0.4 is 4.74 Å². The molecule has 0 radical (unpaired) electrons. The van der Waals surface area contributed by atoms with E-state index < -0.39 is 0 Å². The monoisotopic (exact) mass is 250 g/mol. The quantitative estimate of drug-likeness (QED) is 0.583. The lowest BCUT2D eigenvalue weighted by molar-refractivity contribution is 0.464. The molecule has 0 saturated heterocycles. The van der Waals surface area contributed by atoms with Gasteiger partial charge in [0.25, 0.3) is 0 Å². The third-order valence-corrected chi connectivity index (χ3v) is 2.96. The van der Waals surface area contributed by atoms with Gasteiger partial charge in [-0.05, 0) is 36.3 Å². The summed E-state index contributed by atoms with van der Waals surface area (Å²) in [4.78, 5) is 0. The Kier molecular flexibility index (Phi) is 3.32. The number of hydrogen-bond donors (Lipinski definition) is 0. The third kappa shape index (κ3) is 2.68. The molecule has 0 saturated carbocycles. The molecule has 2 heteroatoms. The number of furan rings is 1. The normalized spacial score (nSPS) is 12.2. The smallest absolute Gasteiger partial charge is 0.133 e. The molecule has 0 bridgehead atoms. The van der Waals surface area contributed by atoms with Gasteiger partial charge in [-0.25, -0.2) is 0 Å². The highest BCUT2D eigenvalue weighted by Gasteiger charge is 2.02. The molecule has 19 heavy (non-hydrogen) atoms. The first-order valence-corrected chi connectivity index (χ1v) is 6.25. The van der Waals surface area contributed by atoms with Crippen LogP contribution in [0.15, 0.2) is 77.6 Å².